The second-order valence-corrected chi connectivity index (χ2v) is 7.45. The van der Waals surface area contributed by atoms with E-state index in [9.17, 15) is 22.4 Å². The lowest BCUT2D eigenvalue weighted by atomic mass is 10.0. The maximum Gasteiger partial charge on any atom is 0.406 e. The average molecular weight is 459 g/mol. The van der Waals surface area contributed by atoms with Gasteiger partial charge in [-0.15, -0.1) is 0 Å². The molecule has 0 unspecified atom stereocenters. The Morgan fingerprint density at radius 3 is 2.61 bits per heavy atom. The molecule has 0 aliphatic carbocycles. The van der Waals surface area contributed by atoms with Gasteiger partial charge in [0.15, 0.2) is 0 Å². The zero-order valence-electron chi connectivity index (χ0n) is 16.6. The maximum atomic E-state index is 13.7. The Balaban J connectivity index is 2.24. The predicted molar refractivity (Wildman–Crippen MR) is 112 cm³/mol. The van der Waals surface area contributed by atoms with Gasteiger partial charge in [0.1, 0.15) is 18.2 Å². The van der Waals surface area contributed by atoms with Crippen molar-refractivity contribution in [2.75, 3.05) is 24.8 Å². The second-order valence-electron chi connectivity index (χ2n) is 7.05. The number of nitrogen functional groups attached to an aromatic ring is 1. The van der Waals surface area contributed by atoms with Crippen LogP contribution in [0.15, 0.2) is 35.3 Å². The van der Waals surface area contributed by atoms with Crippen LogP contribution in [0.2, 0.25) is 5.02 Å². The van der Waals surface area contributed by atoms with Gasteiger partial charge in [0, 0.05) is 41.9 Å². The molecular weight excluding hydrogens is 440 g/mol. The van der Waals surface area contributed by atoms with Crippen LogP contribution in [0, 0.1) is 5.82 Å². The van der Waals surface area contributed by atoms with Gasteiger partial charge in [-0.3, -0.25) is 9.36 Å². The third-order valence-corrected chi connectivity index (χ3v) is 4.82. The van der Waals surface area contributed by atoms with Crippen LogP contribution in [0.5, 0.6) is 0 Å². The number of nitrogens with zero attached hydrogens (tertiary/aromatic N) is 2. The van der Waals surface area contributed by atoms with E-state index in [0.29, 0.717) is 11.2 Å². The molecule has 11 heteroatoms. The molecule has 1 atom stereocenters. The van der Waals surface area contributed by atoms with Gasteiger partial charge >= 0.3 is 6.18 Å². The number of hydrogen-bond acceptors (Lipinski definition) is 5. The molecule has 166 valence electrons. The highest BCUT2D eigenvalue weighted by molar-refractivity contribution is 6.33. The number of rotatable bonds is 6. The first kappa shape index (κ1) is 22.8. The highest BCUT2D eigenvalue weighted by Crippen LogP contribution is 2.32. The summed E-state index contributed by atoms with van der Waals surface area (Å²) in [6.45, 7) is 0.627. The molecule has 0 aliphatic heterocycles. The highest BCUT2D eigenvalue weighted by atomic mass is 35.5. The highest BCUT2D eigenvalue weighted by Gasteiger charge is 2.30. The van der Waals surface area contributed by atoms with Crippen LogP contribution < -0.4 is 16.6 Å². The Kier molecular flexibility index (Phi) is 6.42. The molecule has 3 N–H and O–H groups in total. The Morgan fingerprint density at radius 1 is 1.26 bits per heavy atom. The number of nitrogens with one attached hydrogen (secondary N) is 1. The molecule has 2 aromatic heterocycles. The van der Waals surface area contributed by atoms with Crippen molar-refractivity contribution in [1.29, 1.82) is 0 Å². The number of fused-ring (bicyclic) bond motifs is 1. The van der Waals surface area contributed by atoms with Crippen molar-refractivity contribution in [2.24, 2.45) is 0 Å². The normalized spacial score (nSPS) is 12.9. The lowest BCUT2D eigenvalue weighted by Gasteiger charge is -2.18. The molecule has 0 radical (unpaired) electrons. The number of methoxy groups -OCH3 is 1. The Labute approximate surface area is 179 Å². The summed E-state index contributed by atoms with van der Waals surface area (Å²) in [6.07, 6.45) is -3.32. The Hall–Kier alpha value is -2.85. The smallest absolute Gasteiger partial charge is 0.396 e. The third-order valence-electron chi connectivity index (χ3n) is 4.50. The molecular formula is C20H19ClF4N4O2. The van der Waals surface area contributed by atoms with Gasteiger partial charge in [0.2, 0.25) is 0 Å². The molecule has 31 heavy (non-hydrogen) atoms. The van der Waals surface area contributed by atoms with Crippen LogP contribution >= 0.6 is 11.6 Å². The number of alkyl halides is 3. The molecule has 0 saturated heterocycles. The minimum Gasteiger partial charge on any atom is -0.396 e. The van der Waals surface area contributed by atoms with Crippen molar-refractivity contribution in [3.63, 3.8) is 0 Å². The number of halogens is 5. The number of hydrogen-bond donors (Lipinski definition) is 2. The zero-order valence-corrected chi connectivity index (χ0v) is 17.3. The molecule has 3 rings (SSSR count). The Morgan fingerprint density at radius 2 is 1.97 bits per heavy atom. The van der Waals surface area contributed by atoms with Crippen LogP contribution in [0.3, 0.4) is 0 Å². The summed E-state index contributed by atoms with van der Waals surface area (Å²) in [5, 5.41) is 3.12. The van der Waals surface area contributed by atoms with Gasteiger partial charge < -0.3 is 15.8 Å². The number of aromatic nitrogens is 2. The number of ether oxygens (including phenoxy) is 1. The van der Waals surface area contributed by atoms with Gasteiger partial charge in [-0.2, -0.15) is 13.2 Å². The number of nitrogens with two attached hydrogens (primary N) is 1. The first-order valence-electron chi connectivity index (χ1n) is 9.11. The number of pyridine rings is 2. The Bertz CT molecular complexity index is 1180. The lowest BCUT2D eigenvalue weighted by Crippen LogP contribution is -2.29. The molecule has 2 heterocycles. The van der Waals surface area contributed by atoms with Gasteiger partial charge in [-0.1, -0.05) is 11.6 Å². The summed E-state index contributed by atoms with van der Waals surface area (Å²) in [5.41, 5.74) is 4.24. The van der Waals surface area contributed by atoms with Crippen molar-refractivity contribution >= 4 is 34.0 Å². The summed E-state index contributed by atoms with van der Waals surface area (Å²) < 4.78 is 59.1. The molecule has 0 bridgehead atoms. The van der Waals surface area contributed by atoms with Gasteiger partial charge in [0.25, 0.3) is 5.56 Å². The molecule has 1 aromatic carbocycles. The summed E-state index contributed by atoms with van der Waals surface area (Å²) in [4.78, 5) is 17.3. The van der Waals surface area contributed by atoms with E-state index in [0.717, 1.165) is 12.1 Å². The fraction of sp³-hybridized carbons (Fsp3) is 0.300. The fourth-order valence-electron chi connectivity index (χ4n) is 3.20. The van der Waals surface area contributed by atoms with Gasteiger partial charge in [-0.05, 0) is 25.1 Å². The molecule has 0 amide bonds. The number of benzene rings is 1. The van der Waals surface area contributed by atoms with E-state index < -0.39 is 24.1 Å². The van der Waals surface area contributed by atoms with Crippen LogP contribution in [-0.2, 0) is 11.3 Å². The van der Waals surface area contributed by atoms with Crippen molar-refractivity contribution in [3.8, 4) is 11.1 Å². The van der Waals surface area contributed by atoms with Crippen LogP contribution in [0.1, 0.15) is 6.92 Å². The average Bonchev–Trinajstić information content (AvgIpc) is 2.66. The minimum atomic E-state index is -4.67. The van der Waals surface area contributed by atoms with E-state index in [4.69, 9.17) is 22.1 Å². The van der Waals surface area contributed by atoms with E-state index in [2.05, 4.69) is 10.3 Å². The fourth-order valence-corrected chi connectivity index (χ4v) is 3.45. The minimum absolute atomic E-state index is 0.0271. The summed E-state index contributed by atoms with van der Waals surface area (Å²) in [7, 11) is 1.52. The maximum absolute atomic E-state index is 13.7. The third kappa shape index (κ3) is 5.08. The monoisotopic (exact) mass is 458 g/mol. The van der Waals surface area contributed by atoms with Crippen LogP contribution in [0.4, 0.5) is 29.1 Å². The van der Waals surface area contributed by atoms with E-state index >= 15 is 0 Å². The van der Waals surface area contributed by atoms with Gasteiger partial charge in [-0.25, -0.2) is 9.37 Å². The SMILES string of the molecule is COC[C@@H](C)Nc1cc2c(cn1)cc(-c1cc(N)c(F)cc1Cl)c(=O)n2CC(F)(F)F. The standard InChI is InChI=1S/C20H19ClF4N4O2/c1-10(8-31-2)28-18-6-17-11(7-27-18)3-13(19(30)29(17)9-20(23,24)25)12-4-16(26)15(22)5-14(12)21/h3-7,10H,8-9,26H2,1-2H3,(H,27,28)/t10-/m1/s1. The molecule has 0 spiro atoms. The van der Waals surface area contributed by atoms with E-state index in [1.807, 2.05) is 6.92 Å². The first-order valence-corrected chi connectivity index (χ1v) is 9.48. The molecule has 0 saturated carbocycles. The summed E-state index contributed by atoms with van der Waals surface area (Å²) in [6, 6.07) is 4.58. The van der Waals surface area contributed by atoms with Crippen molar-refractivity contribution in [2.45, 2.75) is 25.7 Å². The van der Waals surface area contributed by atoms with Crippen LogP contribution in [0.25, 0.3) is 22.0 Å². The predicted octanol–water partition coefficient (Wildman–Crippen LogP) is 4.45. The van der Waals surface area contributed by atoms with E-state index in [1.165, 1.54) is 25.4 Å². The quantitative estimate of drug-likeness (QED) is 0.421. The van der Waals surface area contributed by atoms with E-state index in [1.54, 1.807) is 0 Å². The molecule has 3 aromatic rings. The number of anilines is 2. The largest absolute Gasteiger partial charge is 0.406 e. The topological polar surface area (TPSA) is 82.2 Å². The van der Waals surface area contributed by atoms with Crippen molar-refractivity contribution < 1.29 is 22.3 Å². The van der Waals surface area contributed by atoms with Crippen LogP contribution in [-0.4, -0.2) is 35.5 Å². The molecule has 6 nitrogen and oxygen atoms in total. The summed E-state index contributed by atoms with van der Waals surface area (Å²) in [5.74, 6) is -0.517. The lowest BCUT2D eigenvalue weighted by molar-refractivity contribution is -0.140. The second kappa shape index (κ2) is 8.72. The van der Waals surface area contributed by atoms with E-state index in [-0.39, 0.29) is 44.6 Å². The summed E-state index contributed by atoms with van der Waals surface area (Å²) >= 11 is 6.05. The molecule has 0 fully saturated rings. The molecule has 0 aliphatic rings. The van der Waals surface area contributed by atoms with Crippen molar-refractivity contribution in [1.82, 2.24) is 9.55 Å². The first-order chi connectivity index (χ1) is 14.5. The zero-order chi connectivity index (χ0) is 22.9. The van der Waals surface area contributed by atoms with Crippen molar-refractivity contribution in [3.05, 3.63) is 51.7 Å². The van der Waals surface area contributed by atoms with Gasteiger partial charge in [0.05, 0.1) is 22.8 Å².